The smallest absolute Gasteiger partial charge is 0.331 e. The van der Waals surface area contributed by atoms with Crippen LogP contribution in [-0.2, 0) is 17.8 Å². The molecule has 0 saturated heterocycles. The van der Waals surface area contributed by atoms with Crippen molar-refractivity contribution in [3.63, 3.8) is 0 Å². The Kier molecular flexibility index (Phi) is 4.19. The van der Waals surface area contributed by atoms with E-state index in [-0.39, 0.29) is 5.57 Å². The van der Waals surface area contributed by atoms with Gasteiger partial charge in [-0.1, -0.05) is 36.7 Å². The number of aryl methyl sites for hydroxylation is 2. The lowest BCUT2D eigenvalue weighted by Gasteiger charge is -2.06. The maximum atomic E-state index is 11.0. The van der Waals surface area contributed by atoms with Gasteiger partial charge < -0.3 is 9.67 Å². The van der Waals surface area contributed by atoms with Gasteiger partial charge in [-0.05, 0) is 31.9 Å². The van der Waals surface area contributed by atoms with Crippen molar-refractivity contribution in [2.45, 2.75) is 33.7 Å². The van der Waals surface area contributed by atoms with Crippen LogP contribution in [0.5, 0.6) is 0 Å². The fourth-order valence-corrected chi connectivity index (χ4v) is 2.84. The number of halogens is 1. The third kappa shape index (κ3) is 2.34. The molecule has 0 fully saturated rings. The number of carbonyl (C=O) groups is 1. The van der Waals surface area contributed by atoms with Gasteiger partial charge in [0.25, 0.3) is 0 Å². The average molecular weight is 292 g/mol. The summed E-state index contributed by atoms with van der Waals surface area (Å²) in [5.74, 6) is -0.926. The first-order valence-electron chi connectivity index (χ1n) is 6.72. The van der Waals surface area contributed by atoms with Crippen molar-refractivity contribution < 1.29 is 9.90 Å². The van der Waals surface area contributed by atoms with Crippen molar-refractivity contribution in [2.24, 2.45) is 0 Å². The lowest BCUT2D eigenvalue weighted by atomic mass is 10.1. The molecule has 1 N–H and O–H groups in total. The lowest BCUT2D eigenvalue weighted by molar-refractivity contribution is -0.132. The maximum Gasteiger partial charge on any atom is 0.331 e. The average Bonchev–Trinajstić information content (AvgIpc) is 2.71. The number of rotatable bonds is 4. The number of aliphatic carboxylic acids is 1. The molecule has 2 rings (SSSR count). The van der Waals surface area contributed by atoms with Crippen molar-refractivity contribution >= 4 is 34.5 Å². The number of fused-ring (bicyclic) bond motifs is 1. The van der Waals surface area contributed by atoms with E-state index in [0.717, 1.165) is 29.4 Å². The number of benzene rings is 1. The van der Waals surface area contributed by atoms with Gasteiger partial charge in [0.1, 0.15) is 5.15 Å². The molecule has 0 aliphatic rings. The van der Waals surface area contributed by atoms with Gasteiger partial charge in [-0.3, -0.25) is 0 Å². The number of hydrogen-bond donors (Lipinski definition) is 1. The van der Waals surface area contributed by atoms with Crippen LogP contribution in [-0.4, -0.2) is 15.6 Å². The molecule has 0 unspecified atom stereocenters. The Morgan fingerprint density at radius 1 is 1.40 bits per heavy atom. The van der Waals surface area contributed by atoms with Crippen LogP contribution in [0.2, 0.25) is 5.15 Å². The van der Waals surface area contributed by atoms with Gasteiger partial charge in [0.15, 0.2) is 0 Å². The van der Waals surface area contributed by atoms with Crippen molar-refractivity contribution in [3.05, 3.63) is 40.1 Å². The Bertz CT molecular complexity index is 698. The SMILES string of the molecule is CCc1cccc2c(/C=C(\C)C(=O)O)c(Cl)n(CC)c12. The zero-order chi connectivity index (χ0) is 14.9. The molecule has 4 heteroatoms. The van der Waals surface area contributed by atoms with Crippen LogP contribution in [0.15, 0.2) is 23.8 Å². The van der Waals surface area contributed by atoms with Gasteiger partial charge in [0.2, 0.25) is 0 Å². The summed E-state index contributed by atoms with van der Waals surface area (Å²) in [5.41, 5.74) is 3.40. The highest BCUT2D eigenvalue weighted by Crippen LogP contribution is 2.34. The molecule has 0 atom stereocenters. The van der Waals surface area contributed by atoms with Gasteiger partial charge in [-0.25, -0.2) is 4.79 Å². The standard InChI is InChI=1S/C16H18ClNO2/c1-4-11-7-6-8-12-13(9-10(3)16(19)20)15(17)18(5-2)14(11)12/h6-9H,4-5H2,1-3H3,(H,19,20)/b10-9+. The van der Waals surface area contributed by atoms with Crippen LogP contribution in [0, 0.1) is 0 Å². The van der Waals surface area contributed by atoms with Crippen molar-refractivity contribution in [2.75, 3.05) is 0 Å². The monoisotopic (exact) mass is 291 g/mol. The van der Waals surface area contributed by atoms with E-state index in [4.69, 9.17) is 16.7 Å². The number of para-hydroxylation sites is 1. The predicted molar refractivity (Wildman–Crippen MR) is 83.3 cm³/mol. The van der Waals surface area contributed by atoms with Gasteiger partial charge in [0, 0.05) is 23.1 Å². The Labute approximate surface area is 123 Å². The van der Waals surface area contributed by atoms with E-state index in [0.29, 0.717) is 5.15 Å². The molecule has 0 radical (unpaired) electrons. The Hall–Kier alpha value is -1.74. The maximum absolute atomic E-state index is 11.0. The predicted octanol–water partition coefficient (Wildman–Crippen LogP) is 4.36. The van der Waals surface area contributed by atoms with Crippen LogP contribution in [0.25, 0.3) is 17.0 Å². The van der Waals surface area contributed by atoms with Crippen LogP contribution < -0.4 is 0 Å². The summed E-state index contributed by atoms with van der Waals surface area (Å²) < 4.78 is 2.04. The third-order valence-corrected chi connectivity index (χ3v) is 3.94. The molecule has 1 aromatic heterocycles. The molecular formula is C16H18ClNO2. The van der Waals surface area contributed by atoms with Gasteiger partial charge in [-0.15, -0.1) is 0 Å². The molecule has 1 aromatic carbocycles. The summed E-state index contributed by atoms with van der Waals surface area (Å²) in [4.78, 5) is 11.0. The van der Waals surface area contributed by atoms with Crippen molar-refractivity contribution in [1.82, 2.24) is 4.57 Å². The fraction of sp³-hybridized carbons (Fsp3) is 0.312. The molecular weight excluding hydrogens is 274 g/mol. The highest BCUT2D eigenvalue weighted by Gasteiger charge is 2.16. The molecule has 0 amide bonds. The molecule has 0 aliphatic carbocycles. The lowest BCUT2D eigenvalue weighted by Crippen LogP contribution is -1.97. The summed E-state index contributed by atoms with van der Waals surface area (Å²) >= 11 is 6.46. The second kappa shape index (κ2) is 5.71. The highest BCUT2D eigenvalue weighted by molar-refractivity contribution is 6.33. The van der Waals surface area contributed by atoms with Crippen LogP contribution in [0.3, 0.4) is 0 Å². The van der Waals surface area contributed by atoms with Crippen LogP contribution in [0.1, 0.15) is 31.9 Å². The summed E-state index contributed by atoms with van der Waals surface area (Å²) in [6, 6.07) is 6.07. The summed E-state index contributed by atoms with van der Waals surface area (Å²) in [5, 5.41) is 10.7. The van der Waals surface area contributed by atoms with E-state index < -0.39 is 5.97 Å². The first-order valence-corrected chi connectivity index (χ1v) is 7.10. The Morgan fingerprint density at radius 2 is 2.10 bits per heavy atom. The fourth-order valence-electron chi connectivity index (χ4n) is 2.48. The second-order valence-corrected chi connectivity index (χ2v) is 5.11. The molecule has 3 nitrogen and oxygen atoms in total. The number of carboxylic acid groups (broad SMARTS) is 1. The zero-order valence-electron chi connectivity index (χ0n) is 11.9. The topological polar surface area (TPSA) is 42.2 Å². The van der Waals surface area contributed by atoms with E-state index in [2.05, 4.69) is 13.0 Å². The van der Waals surface area contributed by atoms with Crippen molar-refractivity contribution in [1.29, 1.82) is 0 Å². The Morgan fingerprint density at radius 3 is 2.65 bits per heavy atom. The van der Waals surface area contributed by atoms with Gasteiger partial charge in [0.05, 0.1) is 5.52 Å². The first kappa shape index (κ1) is 14.7. The van der Waals surface area contributed by atoms with E-state index in [1.54, 1.807) is 13.0 Å². The van der Waals surface area contributed by atoms with Crippen molar-refractivity contribution in [3.8, 4) is 0 Å². The first-order chi connectivity index (χ1) is 9.51. The van der Waals surface area contributed by atoms with E-state index in [9.17, 15) is 4.79 Å². The second-order valence-electron chi connectivity index (χ2n) is 4.75. The number of hydrogen-bond acceptors (Lipinski definition) is 1. The minimum atomic E-state index is -0.926. The zero-order valence-corrected chi connectivity index (χ0v) is 12.7. The van der Waals surface area contributed by atoms with Crippen LogP contribution >= 0.6 is 11.6 Å². The molecule has 0 aliphatic heterocycles. The Balaban J connectivity index is 2.83. The largest absolute Gasteiger partial charge is 0.478 e. The minimum Gasteiger partial charge on any atom is -0.478 e. The minimum absolute atomic E-state index is 0.281. The number of nitrogens with zero attached hydrogens (tertiary/aromatic N) is 1. The quantitative estimate of drug-likeness (QED) is 0.850. The molecule has 0 bridgehead atoms. The van der Waals surface area contributed by atoms with E-state index >= 15 is 0 Å². The normalized spacial score (nSPS) is 12.1. The number of carboxylic acids is 1. The molecule has 0 saturated carbocycles. The molecule has 20 heavy (non-hydrogen) atoms. The summed E-state index contributed by atoms with van der Waals surface area (Å²) in [7, 11) is 0. The molecule has 106 valence electrons. The van der Waals surface area contributed by atoms with Crippen LogP contribution in [0.4, 0.5) is 0 Å². The molecule has 1 heterocycles. The summed E-state index contributed by atoms with van der Waals surface area (Å²) in [6.45, 7) is 6.48. The van der Waals surface area contributed by atoms with Gasteiger partial charge in [-0.2, -0.15) is 0 Å². The van der Waals surface area contributed by atoms with E-state index in [1.165, 1.54) is 5.56 Å². The van der Waals surface area contributed by atoms with Gasteiger partial charge >= 0.3 is 5.97 Å². The molecule has 0 spiro atoms. The highest BCUT2D eigenvalue weighted by atomic mass is 35.5. The van der Waals surface area contributed by atoms with E-state index in [1.807, 2.05) is 23.6 Å². The number of aromatic nitrogens is 1. The third-order valence-electron chi connectivity index (χ3n) is 3.53. The summed E-state index contributed by atoms with van der Waals surface area (Å²) in [6.07, 6.45) is 2.57. The molecule has 2 aromatic rings.